The van der Waals surface area contributed by atoms with Gasteiger partial charge in [0.05, 0.1) is 16.3 Å². The van der Waals surface area contributed by atoms with Crippen molar-refractivity contribution in [1.82, 2.24) is 10.2 Å². The van der Waals surface area contributed by atoms with Gasteiger partial charge in [-0.15, -0.1) is 0 Å². The molecule has 1 heterocycles. The number of carbonyl (C=O) groups is 1. The summed E-state index contributed by atoms with van der Waals surface area (Å²) < 4.78 is 22.9. The van der Waals surface area contributed by atoms with E-state index < -0.39 is 15.9 Å². The van der Waals surface area contributed by atoms with Crippen LogP contribution >= 0.6 is 0 Å². The number of amides is 1. The summed E-state index contributed by atoms with van der Waals surface area (Å²) in [6, 6.07) is 4.42. The lowest BCUT2D eigenvalue weighted by molar-refractivity contribution is 0.102. The molecule has 0 aliphatic heterocycles. The summed E-state index contributed by atoms with van der Waals surface area (Å²) in [5.74, 6) is -0.536. The van der Waals surface area contributed by atoms with Crippen LogP contribution < -0.4 is 16.2 Å². The van der Waals surface area contributed by atoms with E-state index in [4.69, 9.17) is 10.9 Å². The molecule has 2 rings (SSSR count). The molecule has 0 spiro atoms. The van der Waals surface area contributed by atoms with Gasteiger partial charge in [0.25, 0.3) is 5.91 Å². The van der Waals surface area contributed by atoms with Crippen LogP contribution in [0.3, 0.4) is 0 Å². The minimum absolute atomic E-state index is 0.0490. The summed E-state index contributed by atoms with van der Waals surface area (Å²) in [6.45, 7) is 3.24. The smallest absolute Gasteiger partial charge is 0.278 e. The molecule has 112 valence electrons. The van der Waals surface area contributed by atoms with Crippen LogP contribution in [0.2, 0.25) is 0 Å². The molecule has 0 bridgehead atoms. The van der Waals surface area contributed by atoms with Crippen LogP contribution in [0.4, 0.5) is 11.4 Å². The van der Waals surface area contributed by atoms with E-state index in [2.05, 4.69) is 15.5 Å². The number of sulfonamides is 1. The molecule has 2 aromatic rings. The molecule has 0 unspecified atom stereocenters. The number of nitrogen functional groups attached to an aromatic ring is 1. The zero-order valence-electron chi connectivity index (χ0n) is 11.5. The predicted octanol–water partition coefficient (Wildman–Crippen LogP) is 0.508. The van der Waals surface area contributed by atoms with Crippen LogP contribution in [0.1, 0.15) is 21.7 Å². The molecule has 0 saturated carbocycles. The molecule has 1 aromatic heterocycles. The number of aromatic nitrogens is 2. The Labute approximate surface area is 121 Å². The highest BCUT2D eigenvalue weighted by Crippen LogP contribution is 2.23. The molecular weight excluding hydrogens is 294 g/mol. The van der Waals surface area contributed by atoms with Gasteiger partial charge in [0, 0.05) is 5.69 Å². The van der Waals surface area contributed by atoms with E-state index in [9.17, 15) is 13.2 Å². The number of carbonyl (C=O) groups excluding carboxylic acids is 1. The number of H-pyrrole nitrogens is 1. The van der Waals surface area contributed by atoms with E-state index in [0.717, 1.165) is 0 Å². The lowest BCUT2D eigenvalue weighted by Crippen LogP contribution is -2.18. The monoisotopic (exact) mass is 309 g/mol. The van der Waals surface area contributed by atoms with Crippen molar-refractivity contribution in [3.05, 3.63) is 35.2 Å². The number of anilines is 2. The van der Waals surface area contributed by atoms with E-state index >= 15 is 0 Å². The van der Waals surface area contributed by atoms with Gasteiger partial charge in [-0.25, -0.2) is 13.6 Å². The van der Waals surface area contributed by atoms with Gasteiger partial charge < -0.3 is 11.1 Å². The Morgan fingerprint density at radius 3 is 2.52 bits per heavy atom. The number of benzene rings is 1. The van der Waals surface area contributed by atoms with E-state index in [-0.39, 0.29) is 16.3 Å². The topological polar surface area (TPSA) is 144 Å². The maximum atomic E-state index is 12.1. The minimum atomic E-state index is -3.86. The molecule has 0 aliphatic carbocycles. The molecule has 0 fully saturated rings. The number of hydrogen-bond donors (Lipinski definition) is 4. The number of rotatable bonds is 3. The fraction of sp³-hybridized carbons (Fsp3) is 0.167. The second-order valence-electron chi connectivity index (χ2n) is 4.54. The molecule has 1 aromatic carbocycles. The van der Waals surface area contributed by atoms with Gasteiger partial charge in [-0.05, 0) is 31.5 Å². The van der Waals surface area contributed by atoms with Crippen molar-refractivity contribution >= 4 is 27.3 Å². The number of nitrogens with two attached hydrogens (primary N) is 2. The molecule has 0 saturated heterocycles. The first-order chi connectivity index (χ1) is 9.71. The Morgan fingerprint density at radius 1 is 1.33 bits per heavy atom. The fourth-order valence-corrected chi connectivity index (χ4v) is 2.66. The maximum absolute atomic E-state index is 12.1. The van der Waals surface area contributed by atoms with Crippen molar-refractivity contribution in [3.8, 4) is 0 Å². The summed E-state index contributed by atoms with van der Waals surface area (Å²) >= 11 is 0. The van der Waals surface area contributed by atoms with Gasteiger partial charge in [-0.1, -0.05) is 6.07 Å². The zero-order valence-corrected chi connectivity index (χ0v) is 12.3. The first-order valence-corrected chi connectivity index (χ1v) is 7.50. The number of nitrogens with one attached hydrogen (secondary N) is 2. The summed E-state index contributed by atoms with van der Waals surface area (Å²) in [5, 5.41) is 14.1. The van der Waals surface area contributed by atoms with Crippen molar-refractivity contribution < 1.29 is 13.2 Å². The van der Waals surface area contributed by atoms with Crippen LogP contribution in [0.5, 0.6) is 0 Å². The Balaban J connectivity index is 2.37. The Kier molecular flexibility index (Phi) is 3.71. The molecule has 21 heavy (non-hydrogen) atoms. The standard InChI is InChI=1S/C12H15N5O3S/c1-6-8(4-3-5-9(6)21(14,19)20)15-12(18)11-10(13)7(2)16-17-11/h3-5H,13H2,1-2H3,(H,15,18)(H,16,17)(H2,14,19,20). The quantitative estimate of drug-likeness (QED) is 0.653. The number of aryl methyl sites for hydroxylation is 1. The number of aromatic amines is 1. The SMILES string of the molecule is Cc1[nH]nc(C(=O)Nc2cccc(S(N)(=O)=O)c2C)c1N. The molecule has 6 N–H and O–H groups in total. The molecule has 1 amide bonds. The second kappa shape index (κ2) is 5.19. The molecule has 0 radical (unpaired) electrons. The third kappa shape index (κ3) is 2.88. The van der Waals surface area contributed by atoms with Crippen molar-refractivity contribution in [2.24, 2.45) is 5.14 Å². The highest BCUT2D eigenvalue weighted by molar-refractivity contribution is 7.89. The average molecular weight is 309 g/mol. The van der Waals surface area contributed by atoms with E-state index in [1.165, 1.54) is 12.1 Å². The molecule has 8 nitrogen and oxygen atoms in total. The Hall–Kier alpha value is -2.39. The lowest BCUT2D eigenvalue weighted by atomic mass is 10.2. The summed E-state index contributed by atoms with van der Waals surface area (Å²) in [5.41, 5.74) is 7.27. The van der Waals surface area contributed by atoms with Gasteiger partial charge in [0.2, 0.25) is 10.0 Å². The third-order valence-corrected chi connectivity index (χ3v) is 4.10. The van der Waals surface area contributed by atoms with Gasteiger partial charge in [-0.2, -0.15) is 5.10 Å². The molecule has 0 atom stereocenters. The predicted molar refractivity (Wildman–Crippen MR) is 78.2 cm³/mol. The van der Waals surface area contributed by atoms with Crippen molar-refractivity contribution in [1.29, 1.82) is 0 Å². The minimum Gasteiger partial charge on any atom is -0.395 e. The van der Waals surface area contributed by atoms with Crippen LogP contribution in [0.25, 0.3) is 0 Å². The zero-order chi connectivity index (χ0) is 15.8. The van der Waals surface area contributed by atoms with E-state index in [1.807, 2.05) is 0 Å². The highest BCUT2D eigenvalue weighted by Gasteiger charge is 2.18. The van der Waals surface area contributed by atoms with Crippen molar-refractivity contribution in [3.63, 3.8) is 0 Å². The third-order valence-electron chi connectivity index (χ3n) is 3.05. The lowest BCUT2D eigenvalue weighted by Gasteiger charge is -2.10. The van der Waals surface area contributed by atoms with Crippen LogP contribution in [-0.4, -0.2) is 24.5 Å². The van der Waals surface area contributed by atoms with E-state index in [1.54, 1.807) is 19.9 Å². The number of hydrogen-bond acceptors (Lipinski definition) is 5. The summed E-state index contributed by atoms with van der Waals surface area (Å²) in [7, 11) is -3.86. The van der Waals surface area contributed by atoms with Crippen LogP contribution in [0, 0.1) is 13.8 Å². The fourth-order valence-electron chi connectivity index (χ4n) is 1.85. The molecule has 9 heteroatoms. The Morgan fingerprint density at radius 2 is 2.00 bits per heavy atom. The number of nitrogens with zero attached hydrogens (tertiary/aromatic N) is 1. The van der Waals surface area contributed by atoms with Gasteiger partial charge >= 0.3 is 0 Å². The molecule has 0 aliphatic rings. The molecular formula is C12H15N5O3S. The normalized spacial score (nSPS) is 11.4. The summed E-state index contributed by atoms with van der Waals surface area (Å²) in [4.78, 5) is 12.1. The van der Waals surface area contributed by atoms with Crippen molar-refractivity contribution in [2.75, 3.05) is 11.1 Å². The highest BCUT2D eigenvalue weighted by atomic mass is 32.2. The van der Waals surface area contributed by atoms with Crippen LogP contribution in [-0.2, 0) is 10.0 Å². The largest absolute Gasteiger partial charge is 0.395 e. The first-order valence-electron chi connectivity index (χ1n) is 5.96. The maximum Gasteiger partial charge on any atom is 0.278 e. The first kappa shape index (κ1) is 15.0. The van der Waals surface area contributed by atoms with E-state index in [0.29, 0.717) is 16.9 Å². The number of primary sulfonamides is 1. The van der Waals surface area contributed by atoms with Crippen molar-refractivity contribution in [2.45, 2.75) is 18.7 Å². The Bertz CT molecular complexity index is 810. The summed E-state index contributed by atoms with van der Waals surface area (Å²) in [6.07, 6.45) is 0. The average Bonchev–Trinajstić information content (AvgIpc) is 2.71. The van der Waals surface area contributed by atoms with Crippen LogP contribution in [0.15, 0.2) is 23.1 Å². The van der Waals surface area contributed by atoms with Gasteiger partial charge in [0.1, 0.15) is 0 Å². The van der Waals surface area contributed by atoms with Gasteiger partial charge in [-0.3, -0.25) is 9.89 Å². The second-order valence-corrected chi connectivity index (χ2v) is 6.07. The van der Waals surface area contributed by atoms with Gasteiger partial charge in [0.15, 0.2) is 5.69 Å².